The van der Waals surface area contributed by atoms with Gasteiger partial charge >= 0.3 is 5.97 Å². The molecule has 1 rings (SSSR count). The minimum absolute atomic E-state index is 0.748. The molecule has 0 fully saturated rings. The maximum Gasteiger partial charge on any atom is 0.328 e. The number of aromatic nitrogens is 1. The van der Waals surface area contributed by atoms with Gasteiger partial charge in [-0.25, -0.2) is 9.78 Å². The summed E-state index contributed by atoms with van der Waals surface area (Å²) in [5.41, 5.74) is 2.85. The SMILES string of the molecule is C=C(C)CN(C)c1ncc(/C=C/C(=O)O)cc1C. The van der Waals surface area contributed by atoms with E-state index in [1.165, 1.54) is 6.08 Å². The highest BCUT2D eigenvalue weighted by atomic mass is 16.4. The Morgan fingerprint density at radius 2 is 2.28 bits per heavy atom. The highest BCUT2D eigenvalue weighted by Gasteiger charge is 2.06. The Morgan fingerprint density at radius 1 is 1.61 bits per heavy atom. The summed E-state index contributed by atoms with van der Waals surface area (Å²) in [6.45, 7) is 8.54. The number of rotatable bonds is 5. The predicted octanol–water partition coefficient (Wildman–Crippen LogP) is 2.50. The Hall–Kier alpha value is -2.10. The Bertz CT molecular complexity index is 493. The van der Waals surface area contributed by atoms with Gasteiger partial charge in [-0.15, -0.1) is 0 Å². The van der Waals surface area contributed by atoms with Crippen molar-refractivity contribution >= 4 is 17.9 Å². The lowest BCUT2D eigenvalue weighted by molar-refractivity contribution is -0.131. The summed E-state index contributed by atoms with van der Waals surface area (Å²) in [7, 11) is 1.96. The van der Waals surface area contributed by atoms with Crippen LogP contribution in [0.2, 0.25) is 0 Å². The van der Waals surface area contributed by atoms with E-state index in [9.17, 15) is 4.79 Å². The first-order valence-corrected chi connectivity index (χ1v) is 5.63. The smallest absolute Gasteiger partial charge is 0.328 e. The van der Waals surface area contributed by atoms with Crippen molar-refractivity contribution in [3.05, 3.63) is 41.6 Å². The molecule has 0 bridgehead atoms. The van der Waals surface area contributed by atoms with Crippen molar-refractivity contribution in [2.45, 2.75) is 13.8 Å². The summed E-state index contributed by atoms with van der Waals surface area (Å²) in [5, 5.41) is 8.56. The van der Waals surface area contributed by atoms with Gasteiger partial charge in [-0.05, 0) is 37.1 Å². The maximum atomic E-state index is 10.4. The number of hydrogen-bond acceptors (Lipinski definition) is 3. The zero-order valence-electron chi connectivity index (χ0n) is 11.0. The van der Waals surface area contributed by atoms with Gasteiger partial charge in [0, 0.05) is 25.9 Å². The average Bonchev–Trinajstić information content (AvgIpc) is 2.25. The van der Waals surface area contributed by atoms with E-state index in [4.69, 9.17) is 5.11 Å². The van der Waals surface area contributed by atoms with Crippen molar-refractivity contribution in [3.63, 3.8) is 0 Å². The predicted molar refractivity (Wildman–Crippen MR) is 73.7 cm³/mol. The number of aliphatic carboxylic acids is 1. The Labute approximate surface area is 107 Å². The average molecular weight is 246 g/mol. The number of carboxylic acids is 1. The van der Waals surface area contributed by atoms with E-state index < -0.39 is 5.97 Å². The second-order valence-corrected chi connectivity index (χ2v) is 4.39. The van der Waals surface area contributed by atoms with Crippen molar-refractivity contribution in [1.82, 2.24) is 4.98 Å². The van der Waals surface area contributed by atoms with E-state index >= 15 is 0 Å². The van der Waals surface area contributed by atoms with Crippen molar-refractivity contribution in [1.29, 1.82) is 0 Å². The third kappa shape index (κ3) is 4.05. The molecule has 18 heavy (non-hydrogen) atoms. The number of carboxylic acid groups (broad SMARTS) is 1. The van der Waals surface area contributed by atoms with Crippen LogP contribution in [0.1, 0.15) is 18.1 Å². The standard InChI is InChI=1S/C14H18N2O2/c1-10(2)9-16(4)14-11(3)7-12(8-15-14)5-6-13(17)18/h5-8H,1,9H2,2-4H3,(H,17,18)/b6-5+. The molecule has 0 spiro atoms. The topological polar surface area (TPSA) is 53.4 Å². The first-order valence-electron chi connectivity index (χ1n) is 5.63. The van der Waals surface area contributed by atoms with Gasteiger partial charge in [-0.1, -0.05) is 12.2 Å². The molecule has 0 saturated carbocycles. The van der Waals surface area contributed by atoms with E-state index in [2.05, 4.69) is 11.6 Å². The number of hydrogen-bond donors (Lipinski definition) is 1. The third-order valence-electron chi connectivity index (χ3n) is 2.36. The lowest BCUT2D eigenvalue weighted by Gasteiger charge is -2.20. The van der Waals surface area contributed by atoms with Crippen LogP contribution in [0.25, 0.3) is 6.08 Å². The summed E-state index contributed by atoms with van der Waals surface area (Å²) < 4.78 is 0. The summed E-state index contributed by atoms with van der Waals surface area (Å²) in [6, 6.07) is 1.91. The van der Waals surface area contributed by atoms with E-state index in [0.717, 1.165) is 35.1 Å². The summed E-state index contributed by atoms with van der Waals surface area (Å²) in [4.78, 5) is 16.8. The lowest BCUT2D eigenvalue weighted by Crippen LogP contribution is -2.21. The van der Waals surface area contributed by atoms with Crippen molar-refractivity contribution in [2.75, 3.05) is 18.5 Å². The number of carbonyl (C=O) groups is 1. The molecular formula is C14H18N2O2. The summed E-state index contributed by atoms with van der Waals surface area (Å²) in [6.07, 6.45) is 4.30. The molecule has 4 heteroatoms. The Kier molecular flexibility index (Phi) is 4.66. The van der Waals surface area contributed by atoms with Gasteiger partial charge in [-0.3, -0.25) is 0 Å². The van der Waals surface area contributed by atoms with Crippen LogP contribution < -0.4 is 4.90 Å². The van der Waals surface area contributed by atoms with Crippen LogP contribution in [-0.4, -0.2) is 29.7 Å². The largest absolute Gasteiger partial charge is 0.478 e. The molecule has 1 aromatic heterocycles. The van der Waals surface area contributed by atoms with Gasteiger partial charge in [-0.2, -0.15) is 0 Å². The second-order valence-electron chi connectivity index (χ2n) is 4.39. The van der Waals surface area contributed by atoms with Crippen LogP contribution in [0.4, 0.5) is 5.82 Å². The maximum absolute atomic E-state index is 10.4. The molecular weight excluding hydrogens is 228 g/mol. The van der Waals surface area contributed by atoms with Crippen molar-refractivity contribution in [2.24, 2.45) is 0 Å². The van der Waals surface area contributed by atoms with Crippen LogP contribution >= 0.6 is 0 Å². The van der Waals surface area contributed by atoms with Gasteiger partial charge in [0.05, 0.1) is 0 Å². The van der Waals surface area contributed by atoms with Gasteiger partial charge < -0.3 is 10.0 Å². The quantitative estimate of drug-likeness (QED) is 0.640. The molecule has 0 saturated heterocycles. The molecule has 0 aromatic carbocycles. The fourth-order valence-electron chi connectivity index (χ4n) is 1.73. The number of anilines is 1. The van der Waals surface area contributed by atoms with Gasteiger partial charge in [0.25, 0.3) is 0 Å². The second kappa shape index (κ2) is 6.00. The fourth-order valence-corrected chi connectivity index (χ4v) is 1.73. The molecule has 4 nitrogen and oxygen atoms in total. The monoisotopic (exact) mass is 246 g/mol. The minimum Gasteiger partial charge on any atom is -0.478 e. The normalized spacial score (nSPS) is 10.6. The van der Waals surface area contributed by atoms with Gasteiger partial charge in [0.2, 0.25) is 0 Å². The third-order valence-corrected chi connectivity index (χ3v) is 2.36. The Morgan fingerprint density at radius 3 is 2.78 bits per heavy atom. The van der Waals surface area contributed by atoms with Crippen LogP contribution in [-0.2, 0) is 4.79 Å². The molecule has 0 unspecified atom stereocenters. The number of aryl methyl sites for hydroxylation is 1. The molecule has 0 radical (unpaired) electrons. The first kappa shape index (κ1) is 14.0. The minimum atomic E-state index is -0.962. The highest BCUT2D eigenvalue weighted by Crippen LogP contribution is 2.18. The van der Waals surface area contributed by atoms with Crippen LogP contribution in [0.15, 0.2) is 30.5 Å². The zero-order valence-corrected chi connectivity index (χ0v) is 11.0. The number of nitrogens with zero attached hydrogens (tertiary/aromatic N) is 2. The fraction of sp³-hybridized carbons (Fsp3) is 0.286. The van der Waals surface area contributed by atoms with E-state index in [1.54, 1.807) is 6.20 Å². The van der Waals surface area contributed by atoms with Crippen molar-refractivity contribution in [3.8, 4) is 0 Å². The molecule has 0 aliphatic heterocycles. The van der Waals surface area contributed by atoms with Gasteiger partial charge in [0.15, 0.2) is 0 Å². The molecule has 0 aliphatic rings. The molecule has 1 N–H and O–H groups in total. The number of pyridine rings is 1. The molecule has 1 aromatic rings. The van der Waals surface area contributed by atoms with Crippen LogP contribution in [0.3, 0.4) is 0 Å². The zero-order chi connectivity index (χ0) is 13.7. The van der Waals surface area contributed by atoms with E-state index in [0.29, 0.717) is 0 Å². The molecule has 96 valence electrons. The summed E-state index contributed by atoms with van der Waals surface area (Å²) in [5.74, 6) is -0.0818. The molecule has 0 aliphatic carbocycles. The van der Waals surface area contributed by atoms with Crippen LogP contribution in [0, 0.1) is 6.92 Å². The van der Waals surface area contributed by atoms with E-state index in [1.807, 2.05) is 31.9 Å². The molecule has 0 amide bonds. The van der Waals surface area contributed by atoms with Gasteiger partial charge in [0.1, 0.15) is 5.82 Å². The summed E-state index contributed by atoms with van der Waals surface area (Å²) >= 11 is 0. The molecule has 1 heterocycles. The number of likely N-dealkylation sites (N-methyl/N-ethyl adjacent to an activating group) is 1. The highest BCUT2D eigenvalue weighted by molar-refractivity contribution is 5.85. The molecule has 0 atom stereocenters. The first-order chi connectivity index (χ1) is 8.40. The van der Waals surface area contributed by atoms with Crippen molar-refractivity contribution < 1.29 is 9.90 Å². The van der Waals surface area contributed by atoms with E-state index in [-0.39, 0.29) is 0 Å². The lowest BCUT2D eigenvalue weighted by atomic mass is 10.2. The van der Waals surface area contributed by atoms with Crippen LogP contribution in [0.5, 0.6) is 0 Å². The Balaban J connectivity index is 2.92.